The van der Waals surface area contributed by atoms with Gasteiger partial charge < -0.3 is 10.1 Å². The lowest BCUT2D eigenvalue weighted by Gasteiger charge is -2.25. The zero-order valence-corrected chi connectivity index (χ0v) is 12.0. The number of esters is 1. The van der Waals surface area contributed by atoms with Crippen LogP contribution in [0.5, 0.6) is 0 Å². The first-order chi connectivity index (χ1) is 9.15. The molecule has 2 unspecified atom stereocenters. The quantitative estimate of drug-likeness (QED) is 0.827. The van der Waals surface area contributed by atoms with Gasteiger partial charge in [-0.3, -0.25) is 4.79 Å². The van der Waals surface area contributed by atoms with Crippen molar-refractivity contribution in [3.05, 3.63) is 35.4 Å². The van der Waals surface area contributed by atoms with Crippen LogP contribution in [0.4, 0.5) is 0 Å². The normalized spacial score (nSPS) is 17.8. The van der Waals surface area contributed by atoms with E-state index in [4.69, 9.17) is 4.74 Å². The van der Waals surface area contributed by atoms with Crippen LogP contribution in [0.1, 0.15) is 31.4 Å². The van der Waals surface area contributed by atoms with Gasteiger partial charge >= 0.3 is 5.97 Å². The fourth-order valence-corrected chi connectivity index (χ4v) is 2.76. The second-order valence-electron chi connectivity index (χ2n) is 5.43. The summed E-state index contributed by atoms with van der Waals surface area (Å²) in [4.78, 5) is 11.9. The first kappa shape index (κ1) is 14.1. The molecule has 0 fully saturated rings. The summed E-state index contributed by atoms with van der Waals surface area (Å²) in [5.74, 6) is 0.140. The molecular formula is C16H23NO2. The molecule has 1 aliphatic carbocycles. The van der Waals surface area contributed by atoms with Gasteiger partial charge in [0.05, 0.1) is 7.11 Å². The highest BCUT2D eigenvalue weighted by Crippen LogP contribution is 2.23. The Morgan fingerprint density at radius 1 is 1.37 bits per heavy atom. The molecule has 0 amide bonds. The summed E-state index contributed by atoms with van der Waals surface area (Å²) in [5, 5.41) is 3.49. The molecule has 0 saturated heterocycles. The molecule has 3 heteroatoms. The van der Waals surface area contributed by atoms with Crippen molar-refractivity contribution in [1.82, 2.24) is 5.32 Å². The van der Waals surface area contributed by atoms with E-state index >= 15 is 0 Å². The van der Waals surface area contributed by atoms with E-state index in [-0.39, 0.29) is 17.9 Å². The third-order valence-corrected chi connectivity index (χ3v) is 4.13. The van der Waals surface area contributed by atoms with Gasteiger partial charge in [0.1, 0.15) is 6.04 Å². The van der Waals surface area contributed by atoms with Gasteiger partial charge in [-0.2, -0.15) is 0 Å². The zero-order valence-electron chi connectivity index (χ0n) is 12.0. The summed E-state index contributed by atoms with van der Waals surface area (Å²) < 4.78 is 4.92. The Kier molecular flexibility index (Phi) is 4.59. The van der Waals surface area contributed by atoms with Gasteiger partial charge in [-0.25, -0.2) is 0 Å². The zero-order chi connectivity index (χ0) is 13.8. The molecule has 0 radical (unpaired) electrons. The van der Waals surface area contributed by atoms with E-state index in [2.05, 4.69) is 43.4 Å². The standard InChI is InChI=1S/C16H23NO2/c1-4-11(2)15(16(18)19-3)17-14-9-12-7-5-6-8-13(12)10-14/h5-8,11,14-15,17H,4,9-10H2,1-3H3. The largest absolute Gasteiger partial charge is 0.468 e. The minimum Gasteiger partial charge on any atom is -0.468 e. The molecule has 3 nitrogen and oxygen atoms in total. The lowest BCUT2D eigenvalue weighted by atomic mass is 9.98. The molecule has 1 aromatic rings. The fourth-order valence-electron chi connectivity index (χ4n) is 2.76. The minimum absolute atomic E-state index is 0.148. The number of hydrogen-bond donors (Lipinski definition) is 1. The summed E-state index contributed by atoms with van der Waals surface area (Å²) in [7, 11) is 1.46. The number of methoxy groups -OCH3 is 1. The Labute approximate surface area is 115 Å². The molecule has 0 aliphatic heterocycles. The second kappa shape index (κ2) is 6.20. The summed E-state index contributed by atoms with van der Waals surface area (Å²) in [5.41, 5.74) is 2.79. The van der Waals surface area contributed by atoms with Crippen LogP contribution < -0.4 is 5.32 Å². The number of carbonyl (C=O) groups excluding carboxylic acids is 1. The number of fused-ring (bicyclic) bond motifs is 1. The highest BCUT2D eigenvalue weighted by Gasteiger charge is 2.30. The highest BCUT2D eigenvalue weighted by molar-refractivity contribution is 5.76. The van der Waals surface area contributed by atoms with Crippen molar-refractivity contribution in [2.45, 2.75) is 45.2 Å². The minimum atomic E-state index is -0.200. The first-order valence-electron chi connectivity index (χ1n) is 7.06. The van der Waals surface area contributed by atoms with E-state index < -0.39 is 0 Å². The van der Waals surface area contributed by atoms with Gasteiger partial charge in [0.15, 0.2) is 0 Å². The van der Waals surface area contributed by atoms with Crippen LogP contribution in [0.15, 0.2) is 24.3 Å². The summed E-state index contributed by atoms with van der Waals surface area (Å²) in [6, 6.07) is 8.65. The van der Waals surface area contributed by atoms with Crippen LogP contribution in [0.3, 0.4) is 0 Å². The molecule has 0 heterocycles. The lowest BCUT2D eigenvalue weighted by molar-refractivity contribution is -0.144. The third-order valence-electron chi connectivity index (χ3n) is 4.13. The van der Waals surface area contributed by atoms with Crippen molar-refractivity contribution in [1.29, 1.82) is 0 Å². The van der Waals surface area contributed by atoms with Crippen molar-refractivity contribution in [3.63, 3.8) is 0 Å². The predicted octanol–water partition coefficient (Wildman–Crippen LogP) is 2.33. The molecule has 1 aliphatic rings. The predicted molar refractivity (Wildman–Crippen MR) is 76.0 cm³/mol. The monoisotopic (exact) mass is 261 g/mol. The van der Waals surface area contributed by atoms with Gasteiger partial charge in [0.2, 0.25) is 0 Å². The van der Waals surface area contributed by atoms with E-state index in [0.29, 0.717) is 6.04 Å². The van der Waals surface area contributed by atoms with E-state index in [1.807, 2.05) is 0 Å². The first-order valence-corrected chi connectivity index (χ1v) is 7.06. The fraction of sp³-hybridized carbons (Fsp3) is 0.562. The van der Waals surface area contributed by atoms with Crippen LogP contribution in [0.25, 0.3) is 0 Å². The van der Waals surface area contributed by atoms with Crippen molar-refractivity contribution in [3.8, 4) is 0 Å². The lowest BCUT2D eigenvalue weighted by Crippen LogP contribution is -2.48. The van der Waals surface area contributed by atoms with Crippen LogP contribution >= 0.6 is 0 Å². The number of nitrogens with one attached hydrogen (secondary N) is 1. The van der Waals surface area contributed by atoms with Crippen molar-refractivity contribution >= 4 is 5.97 Å². The smallest absolute Gasteiger partial charge is 0.323 e. The second-order valence-corrected chi connectivity index (χ2v) is 5.43. The van der Waals surface area contributed by atoms with Gasteiger partial charge in [0, 0.05) is 6.04 Å². The number of carbonyl (C=O) groups is 1. The maximum absolute atomic E-state index is 11.9. The van der Waals surface area contributed by atoms with Crippen LogP contribution in [-0.4, -0.2) is 25.2 Å². The Morgan fingerprint density at radius 2 is 1.95 bits per heavy atom. The average molecular weight is 261 g/mol. The van der Waals surface area contributed by atoms with E-state index in [0.717, 1.165) is 19.3 Å². The Morgan fingerprint density at radius 3 is 2.42 bits per heavy atom. The molecule has 104 valence electrons. The molecule has 1 N–H and O–H groups in total. The van der Waals surface area contributed by atoms with Gasteiger partial charge in [-0.05, 0) is 29.9 Å². The highest BCUT2D eigenvalue weighted by atomic mass is 16.5. The van der Waals surface area contributed by atoms with E-state index in [1.54, 1.807) is 0 Å². The molecule has 1 aromatic carbocycles. The maximum atomic E-state index is 11.9. The van der Waals surface area contributed by atoms with Gasteiger partial charge in [-0.1, -0.05) is 44.5 Å². The van der Waals surface area contributed by atoms with E-state index in [1.165, 1.54) is 18.2 Å². The van der Waals surface area contributed by atoms with E-state index in [9.17, 15) is 4.79 Å². The Balaban J connectivity index is 2.02. The van der Waals surface area contributed by atoms with Gasteiger partial charge in [0.25, 0.3) is 0 Å². The van der Waals surface area contributed by atoms with Crippen LogP contribution in [0.2, 0.25) is 0 Å². The molecule has 19 heavy (non-hydrogen) atoms. The number of hydrogen-bond acceptors (Lipinski definition) is 3. The Bertz CT molecular complexity index is 419. The molecule has 2 rings (SSSR count). The molecular weight excluding hydrogens is 238 g/mol. The van der Waals surface area contributed by atoms with Crippen LogP contribution in [-0.2, 0) is 22.4 Å². The third kappa shape index (κ3) is 3.16. The number of ether oxygens (including phenoxy) is 1. The van der Waals surface area contributed by atoms with Crippen molar-refractivity contribution in [2.75, 3.05) is 7.11 Å². The molecule has 0 saturated carbocycles. The molecule has 0 aromatic heterocycles. The molecule has 0 bridgehead atoms. The Hall–Kier alpha value is -1.35. The number of benzene rings is 1. The van der Waals surface area contributed by atoms with Crippen LogP contribution in [0, 0.1) is 5.92 Å². The maximum Gasteiger partial charge on any atom is 0.323 e. The van der Waals surface area contributed by atoms with Crippen molar-refractivity contribution in [2.24, 2.45) is 5.92 Å². The topological polar surface area (TPSA) is 38.3 Å². The average Bonchev–Trinajstić information content (AvgIpc) is 2.85. The summed E-state index contributed by atoms with van der Waals surface area (Å²) in [6.07, 6.45) is 2.96. The van der Waals surface area contributed by atoms with Gasteiger partial charge in [-0.15, -0.1) is 0 Å². The van der Waals surface area contributed by atoms with Crippen molar-refractivity contribution < 1.29 is 9.53 Å². The number of rotatable bonds is 5. The SMILES string of the molecule is CCC(C)C(NC1Cc2ccccc2C1)C(=O)OC. The molecule has 2 atom stereocenters. The molecule has 0 spiro atoms. The summed E-state index contributed by atoms with van der Waals surface area (Å²) in [6.45, 7) is 4.20. The summed E-state index contributed by atoms with van der Waals surface area (Å²) >= 11 is 0.